The molecule has 0 radical (unpaired) electrons. The molecule has 1 atom stereocenters. The van der Waals surface area contributed by atoms with Crippen LogP contribution in [0.1, 0.15) is 27.6 Å². The summed E-state index contributed by atoms with van der Waals surface area (Å²) in [5, 5.41) is 6.68. The molecule has 1 aromatic heterocycles. The van der Waals surface area contributed by atoms with Crippen molar-refractivity contribution in [2.75, 3.05) is 11.1 Å². The number of hydrogen-bond donors (Lipinski definition) is 1. The topological polar surface area (TPSA) is 46.9 Å². The van der Waals surface area contributed by atoms with Gasteiger partial charge in [-0.25, -0.2) is 4.68 Å². The highest BCUT2D eigenvalue weighted by Gasteiger charge is 2.38. The van der Waals surface area contributed by atoms with Gasteiger partial charge in [-0.1, -0.05) is 36.4 Å². The lowest BCUT2D eigenvalue weighted by atomic mass is 9.98. The molecule has 1 aliphatic rings. The van der Waals surface area contributed by atoms with Crippen LogP contribution in [0.4, 0.5) is 19.0 Å². The van der Waals surface area contributed by atoms with Crippen molar-refractivity contribution < 1.29 is 18.0 Å². The average molecular weight is 403 g/mol. The van der Waals surface area contributed by atoms with Gasteiger partial charge in [0.25, 0.3) is 0 Å². The highest BCUT2D eigenvalue weighted by Crippen LogP contribution is 2.47. The van der Waals surface area contributed by atoms with Gasteiger partial charge < -0.3 is 5.32 Å². The highest BCUT2D eigenvalue weighted by atomic mass is 32.2. The Bertz CT molecular complexity index is 1030. The number of halogens is 3. The van der Waals surface area contributed by atoms with E-state index in [4.69, 9.17) is 0 Å². The van der Waals surface area contributed by atoms with Gasteiger partial charge in [-0.3, -0.25) is 4.79 Å². The summed E-state index contributed by atoms with van der Waals surface area (Å²) in [6, 6.07) is 14.7. The molecule has 0 saturated heterocycles. The first-order chi connectivity index (χ1) is 13.4. The lowest BCUT2D eigenvalue weighted by Gasteiger charge is -2.20. The fourth-order valence-corrected chi connectivity index (χ4v) is 4.59. The third-order valence-corrected chi connectivity index (χ3v) is 5.81. The molecule has 1 amide bonds. The number of carbonyl (C=O) groups excluding carboxylic acids is 1. The highest BCUT2D eigenvalue weighted by molar-refractivity contribution is 8.00. The normalized spacial score (nSPS) is 17.0. The van der Waals surface area contributed by atoms with Crippen LogP contribution in [0.2, 0.25) is 0 Å². The summed E-state index contributed by atoms with van der Waals surface area (Å²) < 4.78 is 42.4. The second-order valence-corrected chi connectivity index (χ2v) is 7.51. The number of amides is 1. The van der Waals surface area contributed by atoms with E-state index in [1.165, 1.54) is 23.9 Å². The Hall–Kier alpha value is -2.74. The number of aromatic nitrogens is 2. The third-order valence-electron chi connectivity index (χ3n) is 4.56. The molecule has 4 rings (SSSR count). The monoisotopic (exact) mass is 403 g/mol. The van der Waals surface area contributed by atoms with E-state index in [1.807, 2.05) is 30.3 Å². The van der Waals surface area contributed by atoms with Gasteiger partial charge in [0.2, 0.25) is 5.91 Å². The van der Waals surface area contributed by atoms with Crippen LogP contribution >= 0.6 is 11.8 Å². The molecule has 1 aliphatic heterocycles. The lowest BCUT2D eigenvalue weighted by Crippen LogP contribution is -2.15. The summed E-state index contributed by atoms with van der Waals surface area (Å²) in [7, 11) is 0. The zero-order valence-corrected chi connectivity index (χ0v) is 15.6. The SMILES string of the molecule is Cc1nn(-c2ccccc2)c2c1C(c1ccccc1C(F)(F)F)SCC(=O)N2. The zero-order valence-electron chi connectivity index (χ0n) is 14.8. The summed E-state index contributed by atoms with van der Waals surface area (Å²) in [5.41, 5.74) is 1.34. The van der Waals surface area contributed by atoms with Crippen LogP contribution in [0.15, 0.2) is 54.6 Å². The van der Waals surface area contributed by atoms with Gasteiger partial charge in [0.05, 0.1) is 27.9 Å². The van der Waals surface area contributed by atoms with E-state index in [0.717, 1.165) is 11.8 Å². The largest absolute Gasteiger partial charge is 0.416 e. The molecule has 0 aliphatic carbocycles. The van der Waals surface area contributed by atoms with Crippen LogP contribution in [-0.2, 0) is 11.0 Å². The van der Waals surface area contributed by atoms with E-state index in [2.05, 4.69) is 10.4 Å². The first-order valence-electron chi connectivity index (χ1n) is 8.59. The van der Waals surface area contributed by atoms with Gasteiger partial charge in [0, 0.05) is 5.56 Å². The Balaban J connectivity index is 1.93. The number of anilines is 1. The van der Waals surface area contributed by atoms with Crippen molar-refractivity contribution in [2.24, 2.45) is 0 Å². The fourth-order valence-electron chi connectivity index (χ4n) is 3.37. The zero-order chi connectivity index (χ0) is 19.9. The van der Waals surface area contributed by atoms with Gasteiger partial charge in [-0.2, -0.15) is 18.3 Å². The molecule has 1 unspecified atom stereocenters. The number of fused-ring (bicyclic) bond motifs is 1. The number of hydrogen-bond acceptors (Lipinski definition) is 3. The predicted octanol–water partition coefficient (Wildman–Crippen LogP) is 4.97. The predicted molar refractivity (Wildman–Crippen MR) is 103 cm³/mol. The lowest BCUT2D eigenvalue weighted by molar-refractivity contribution is -0.138. The second-order valence-electron chi connectivity index (χ2n) is 6.42. The average Bonchev–Trinajstić information content (AvgIpc) is 2.88. The minimum Gasteiger partial charge on any atom is -0.310 e. The first-order valence-corrected chi connectivity index (χ1v) is 9.63. The van der Waals surface area contributed by atoms with E-state index in [0.29, 0.717) is 17.1 Å². The maximum absolute atomic E-state index is 13.6. The molecule has 0 spiro atoms. The van der Waals surface area contributed by atoms with Crippen LogP contribution < -0.4 is 5.32 Å². The summed E-state index contributed by atoms with van der Waals surface area (Å²) in [5.74, 6) is 0.204. The van der Waals surface area contributed by atoms with Crippen LogP contribution in [0.25, 0.3) is 5.69 Å². The van der Waals surface area contributed by atoms with Crippen LogP contribution in [0.3, 0.4) is 0 Å². The Labute approximate surface area is 163 Å². The molecule has 0 saturated carbocycles. The van der Waals surface area contributed by atoms with Crippen molar-refractivity contribution in [1.82, 2.24) is 9.78 Å². The standard InChI is InChI=1S/C20H16F3N3OS/c1-12-17-18(14-9-5-6-10-15(14)20(21,22)23)28-11-16(27)24-19(17)26(25-12)13-7-3-2-4-8-13/h2-10,18H,11H2,1H3,(H,24,27). The molecular formula is C20H16F3N3OS. The van der Waals surface area contributed by atoms with E-state index in [9.17, 15) is 18.0 Å². The molecule has 144 valence electrons. The molecule has 2 heterocycles. The Morgan fingerprint density at radius 3 is 2.50 bits per heavy atom. The summed E-state index contributed by atoms with van der Waals surface area (Å²) in [6.07, 6.45) is -4.48. The number of nitrogens with zero attached hydrogens (tertiary/aromatic N) is 2. The van der Waals surface area contributed by atoms with Gasteiger partial charge in [0.1, 0.15) is 5.82 Å². The fraction of sp³-hybridized carbons (Fsp3) is 0.200. The van der Waals surface area contributed by atoms with Gasteiger partial charge in [-0.15, -0.1) is 11.8 Å². The molecule has 28 heavy (non-hydrogen) atoms. The molecule has 0 bridgehead atoms. The van der Waals surface area contributed by atoms with Crippen molar-refractivity contribution in [2.45, 2.75) is 18.3 Å². The first kappa shape index (κ1) is 18.6. The molecular weight excluding hydrogens is 387 g/mol. The summed E-state index contributed by atoms with van der Waals surface area (Å²) in [6.45, 7) is 1.75. The van der Waals surface area contributed by atoms with Crippen molar-refractivity contribution in [1.29, 1.82) is 0 Å². The molecule has 2 aromatic carbocycles. The maximum atomic E-state index is 13.6. The quantitative estimate of drug-likeness (QED) is 0.657. The molecule has 3 aromatic rings. The van der Waals surface area contributed by atoms with Gasteiger partial charge in [-0.05, 0) is 30.7 Å². The smallest absolute Gasteiger partial charge is 0.310 e. The van der Waals surface area contributed by atoms with Crippen LogP contribution in [-0.4, -0.2) is 21.4 Å². The number of aryl methyl sites for hydroxylation is 1. The summed E-state index contributed by atoms with van der Waals surface area (Å²) in [4.78, 5) is 12.3. The van der Waals surface area contributed by atoms with Crippen LogP contribution in [0.5, 0.6) is 0 Å². The van der Waals surface area contributed by atoms with Gasteiger partial charge >= 0.3 is 6.18 Å². The number of rotatable bonds is 2. The van der Waals surface area contributed by atoms with E-state index in [1.54, 1.807) is 17.7 Å². The molecule has 4 nitrogen and oxygen atoms in total. The van der Waals surface area contributed by atoms with Crippen LogP contribution in [0, 0.1) is 6.92 Å². The van der Waals surface area contributed by atoms with E-state index < -0.39 is 17.0 Å². The molecule has 0 fully saturated rings. The van der Waals surface area contributed by atoms with Gasteiger partial charge in [0.15, 0.2) is 0 Å². The number of thioether (sulfide) groups is 1. The molecule has 8 heteroatoms. The summed E-state index contributed by atoms with van der Waals surface area (Å²) >= 11 is 1.18. The third kappa shape index (κ3) is 3.28. The van der Waals surface area contributed by atoms with Crippen molar-refractivity contribution in [3.05, 3.63) is 77.0 Å². The van der Waals surface area contributed by atoms with Crippen molar-refractivity contribution in [3.8, 4) is 5.69 Å². The number of alkyl halides is 3. The Morgan fingerprint density at radius 2 is 1.79 bits per heavy atom. The van der Waals surface area contributed by atoms with E-state index in [-0.39, 0.29) is 17.2 Å². The number of benzene rings is 2. The maximum Gasteiger partial charge on any atom is 0.416 e. The minimum absolute atomic E-state index is 0.0553. The Kier molecular flexibility index (Phi) is 4.66. The number of para-hydroxylation sites is 1. The minimum atomic E-state index is -4.48. The second kappa shape index (κ2) is 7.01. The van der Waals surface area contributed by atoms with E-state index >= 15 is 0 Å². The number of nitrogens with one attached hydrogen (secondary N) is 1. The van der Waals surface area contributed by atoms with Crippen molar-refractivity contribution in [3.63, 3.8) is 0 Å². The number of carbonyl (C=O) groups is 1. The van der Waals surface area contributed by atoms with Crippen molar-refractivity contribution >= 4 is 23.5 Å². The molecule has 1 N–H and O–H groups in total. The Morgan fingerprint density at radius 1 is 1.11 bits per heavy atom.